The molecular weight excluding hydrogens is 234 g/mol. The molecule has 0 saturated carbocycles. The number of hydrogen-bond donors (Lipinski definition) is 1. The van der Waals surface area contributed by atoms with Crippen molar-refractivity contribution in [2.45, 2.75) is 12.8 Å². The summed E-state index contributed by atoms with van der Waals surface area (Å²) in [4.78, 5) is 0. The van der Waals surface area contributed by atoms with E-state index in [9.17, 15) is 0 Å². The molecular formula is C13H21NO2S. The average molecular weight is 255 g/mol. The maximum Gasteiger partial charge on any atom is 0.122 e. The number of rotatable bonds is 8. The van der Waals surface area contributed by atoms with Crippen LogP contribution in [0.3, 0.4) is 0 Å². The molecule has 17 heavy (non-hydrogen) atoms. The normalized spacial score (nSPS) is 10.3. The fourth-order valence-corrected chi connectivity index (χ4v) is 1.97. The van der Waals surface area contributed by atoms with Crippen LogP contribution in [0.5, 0.6) is 11.5 Å². The molecule has 0 amide bonds. The van der Waals surface area contributed by atoms with Crippen LogP contribution in [0, 0.1) is 0 Å². The highest BCUT2D eigenvalue weighted by Gasteiger charge is 2.05. The summed E-state index contributed by atoms with van der Waals surface area (Å²) in [6, 6.07) is 5.88. The number of benzene rings is 1. The van der Waals surface area contributed by atoms with Crippen molar-refractivity contribution in [1.82, 2.24) is 0 Å². The molecule has 0 aliphatic heterocycles. The Kier molecular flexibility index (Phi) is 6.89. The van der Waals surface area contributed by atoms with E-state index in [1.807, 2.05) is 30.0 Å². The molecule has 0 bridgehead atoms. The first kappa shape index (κ1) is 14.2. The summed E-state index contributed by atoms with van der Waals surface area (Å²) in [6.07, 6.45) is 3.98. The second-order valence-corrected chi connectivity index (χ2v) is 4.69. The fraction of sp³-hybridized carbons (Fsp3) is 0.538. The third-order valence-electron chi connectivity index (χ3n) is 2.43. The van der Waals surface area contributed by atoms with Gasteiger partial charge in [0, 0.05) is 0 Å². The van der Waals surface area contributed by atoms with Gasteiger partial charge in [-0.05, 0) is 55.2 Å². The van der Waals surface area contributed by atoms with Crippen molar-refractivity contribution in [2.75, 3.05) is 32.3 Å². The highest BCUT2D eigenvalue weighted by atomic mass is 32.2. The molecule has 0 heterocycles. The molecule has 0 atom stereocenters. The van der Waals surface area contributed by atoms with Gasteiger partial charge in [-0.2, -0.15) is 11.8 Å². The molecule has 1 aromatic rings. The summed E-state index contributed by atoms with van der Waals surface area (Å²) in [7, 11) is 1.67. The van der Waals surface area contributed by atoms with Gasteiger partial charge in [0.2, 0.25) is 0 Å². The maximum atomic E-state index is 5.77. The van der Waals surface area contributed by atoms with E-state index in [4.69, 9.17) is 15.2 Å². The predicted octanol–water partition coefficient (Wildman–Crippen LogP) is 2.33. The van der Waals surface area contributed by atoms with Gasteiger partial charge < -0.3 is 15.2 Å². The minimum absolute atomic E-state index is 0.619. The van der Waals surface area contributed by atoms with Gasteiger partial charge in [0.05, 0.1) is 13.7 Å². The van der Waals surface area contributed by atoms with E-state index in [-0.39, 0.29) is 0 Å². The minimum atomic E-state index is 0.619. The zero-order chi connectivity index (χ0) is 12.5. The standard InChI is InChI=1S/C13H21NO2S/c1-15-12-4-5-13(11(10-12)6-7-14)16-8-3-9-17-2/h4-5,10H,3,6-9,14H2,1-2H3. The van der Waals surface area contributed by atoms with Crippen LogP contribution >= 0.6 is 11.8 Å². The summed E-state index contributed by atoms with van der Waals surface area (Å²) in [5.74, 6) is 2.91. The SMILES string of the molecule is COc1ccc(OCCCSC)c(CCN)c1. The molecule has 0 spiro atoms. The van der Waals surface area contributed by atoms with Gasteiger partial charge in [-0.3, -0.25) is 0 Å². The lowest BCUT2D eigenvalue weighted by molar-refractivity contribution is 0.314. The highest BCUT2D eigenvalue weighted by Crippen LogP contribution is 2.24. The van der Waals surface area contributed by atoms with Crippen LogP contribution in [0.2, 0.25) is 0 Å². The van der Waals surface area contributed by atoms with Gasteiger partial charge in [-0.25, -0.2) is 0 Å². The van der Waals surface area contributed by atoms with Crippen LogP contribution in [-0.2, 0) is 6.42 Å². The van der Waals surface area contributed by atoms with Crippen molar-refractivity contribution in [1.29, 1.82) is 0 Å². The van der Waals surface area contributed by atoms with Crippen LogP contribution in [0.15, 0.2) is 18.2 Å². The molecule has 0 aromatic heterocycles. The van der Waals surface area contributed by atoms with Crippen molar-refractivity contribution < 1.29 is 9.47 Å². The number of thioether (sulfide) groups is 1. The lowest BCUT2D eigenvalue weighted by atomic mass is 10.1. The van der Waals surface area contributed by atoms with Gasteiger partial charge >= 0.3 is 0 Å². The van der Waals surface area contributed by atoms with Crippen LogP contribution in [0.4, 0.5) is 0 Å². The zero-order valence-corrected chi connectivity index (χ0v) is 11.4. The van der Waals surface area contributed by atoms with Gasteiger partial charge in [0.25, 0.3) is 0 Å². The van der Waals surface area contributed by atoms with Crippen molar-refractivity contribution in [2.24, 2.45) is 5.73 Å². The molecule has 3 nitrogen and oxygen atoms in total. The summed E-state index contributed by atoms with van der Waals surface area (Å²) < 4.78 is 11.0. The fourth-order valence-electron chi connectivity index (χ4n) is 1.56. The molecule has 1 rings (SSSR count). The molecule has 0 unspecified atom stereocenters. The zero-order valence-electron chi connectivity index (χ0n) is 10.6. The number of nitrogens with two attached hydrogens (primary N) is 1. The van der Waals surface area contributed by atoms with E-state index in [2.05, 4.69) is 6.26 Å². The van der Waals surface area contributed by atoms with Crippen molar-refractivity contribution >= 4 is 11.8 Å². The van der Waals surface area contributed by atoms with E-state index in [1.54, 1.807) is 7.11 Å². The Balaban J connectivity index is 2.62. The Bertz CT molecular complexity index is 331. The van der Waals surface area contributed by atoms with E-state index < -0.39 is 0 Å². The Labute approximate surface area is 108 Å². The minimum Gasteiger partial charge on any atom is -0.497 e. The van der Waals surface area contributed by atoms with Crippen LogP contribution in [-0.4, -0.2) is 32.3 Å². The first-order valence-corrected chi connectivity index (χ1v) is 7.20. The summed E-state index contributed by atoms with van der Waals surface area (Å²) in [6.45, 7) is 1.37. The van der Waals surface area contributed by atoms with Crippen molar-refractivity contribution in [3.63, 3.8) is 0 Å². The van der Waals surface area contributed by atoms with E-state index in [0.29, 0.717) is 6.54 Å². The quantitative estimate of drug-likeness (QED) is 0.724. The monoisotopic (exact) mass is 255 g/mol. The van der Waals surface area contributed by atoms with E-state index >= 15 is 0 Å². The van der Waals surface area contributed by atoms with Gasteiger partial charge in [-0.1, -0.05) is 0 Å². The molecule has 2 N–H and O–H groups in total. The lowest BCUT2D eigenvalue weighted by Gasteiger charge is -2.12. The Morgan fingerprint density at radius 1 is 1.35 bits per heavy atom. The molecule has 0 aliphatic carbocycles. The topological polar surface area (TPSA) is 44.5 Å². The predicted molar refractivity (Wildman–Crippen MR) is 74.2 cm³/mol. The molecule has 0 radical (unpaired) electrons. The van der Waals surface area contributed by atoms with Gasteiger partial charge in [0.1, 0.15) is 11.5 Å². The summed E-state index contributed by atoms with van der Waals surface area (Å²) >= 11 is 1.84. The smallest absolute Gasteiger partial charge is 0.122 e. The largest absolute Gasteiger partial charge is 0.497 e. The molecule has 0 fully saturated rings. The van der Waals surface area contributed by atoms with Crippen molar-refractivity contribution in [3.8, 4) is 11.5 Å². The average Bonchev–Trinajstić information content (AvgIpc) is 2.36. The number of hydrogen-bond acceptors (Lipinski definition) is 4. The first-order valence-electron chi connectivity index (χ1n) is 5.80. The van der Waals surface area contributed by atoms with Gasteiger partial charge in [0.15, 0.2) is 0 Å². The molecule has 4 heteroatoms. The van der Waals surface area contributed by atoms with Crippen LogP contribution in [0.1, 0.15) is 12.0 Å². The van der Waals surface area contributed by atoms with Gasteiger partial charge in [-0.15, -0.1) is 0 Å². The molecule has 1 aromatic carbocycles. The third kappa shape index (κ3) is 4.88. The summed E-state index contributed by atoms with van der Waals surface area (Å²) in [5.41, 5.74) is 6.72. The van der Waals surface area contributed by atoms with Crippen LogP contribution in [0.25, 0.3) is 0 Å². The second-order valence-electron chi connectivity index (χ2n) is 3.71. The second kappa shape index (κ2) is 8.25. The Morgan fingerprint density at radius 3 is 2.82 bits per heavy atom. The van der Waals surface area contributed by atoms with E-state index in [1.165, 1.54) is 0 Å². The number of methoxy groups -OCH3 is 1. The molecule has 0 aliphatic rings. The Hall–Kier alpha value is -0.870. The lowest BCUT2D eigenvalue weighted by Crippen LogP contribution is -2.06. The Morgan fingerprint density at radius 2 is 2.18 bits per heavy atom. The first-order chi connectivity index (χ1) is 8.31. The molecule has 96 valence electrons. The molecule has 0 saturated heterocycles. The highest BCUT2D eigenvalue weighted by molar-refractivity contribution is 7.98. The van der Waals surface area contributed by atoms with Crippen molar-refractivity contribution in [3.05, 3.63) is 23.8 Å². The van der Waals surface area contributed by atoms with Crippen LogP contribution < -0.4 is 15.2 Å². The third-order valence-corrected chi connectivity index (χ3v) is 3.13. The maximum absolute atomic E-state index is 5.77. The summed E-state index contributed by atoms with van der Waals surface area (Å²) in [5, 5.41) is 0. The number of ether oxygens (including phenoxy) is 2. The van der Waals surface area contributed by atoms with E-state index in [0.717, 1.165) is 42.3 Å².